The fraction of sp³-hybridized carbons (Fsp3) is 0.306. The van der Waals surface area contributed by atoms with Crippen molar-refractivity contribution in [2.75, 3.05) is 37.4 Å². The summed E-state index contributed by atoms with van der Waals surface area (Å²) in [6.45, 7) is 7.98. The molecule has 0 amide bonds. The molecule has 0 aliphatic heterocycles. The van der Waals surface area contributed by atoms with Crippen molar-refractivity contribution < 1.29 is 28.5 Å². The van der Waals surface area contributed by atoms with Gasteiger partial charge in [-0.15, -0.1) is 0 Å². The Kier molecular flexibility index (Phi) is 12.8. The Hall–Kier alpha value is -4.63. The van der Waals surface area contributed by atoms with Crippen LogP contribution in [0.25, 0.3) is 0 Å². The molecule has 0 unspecified atom stereocenters. The second-order valence-corrected chi connectivity index (χ2v) is 12.2. The molecule has 4 aromatic rings. The van der Waals surface area contributed by atoms with Crippen LogP contribution in [0, 0.1) is 11.3 Å². The Balaban J connectivity index is 1.31. The number of halogens is 1. The number of carbonyl (C=O) groups is 2. The fourth-order valence-electron chi connectivity index (χ4n) is 4.92. The molecule has 250 valence electrons. The van der Waals surface area contributed by atoms with Crippen LogP contribution in [0.1, 0.15) is 70.8 Å². The van der Waals surface area contributed by atoms with Gasteiger partial charge in [0.2, 0.25) is 5.95 Å². The summed E-state index contributed by atoms with van der Waals surface area (Å²) in [6, 6.07) is 20.3. The standard InChI is InChI=1S/C36H37ClN4O6S/c1-23(42)30-7-6-8-32(33(30)24(2)43)45-17-15-44-16-18-46-34-25(21-38)19-27(20-31(34)37)36(3,4)26-9-11-29(12-10-26)47-22-28-13-14-39-35(40-28)41-48-5/h6-14,19-20H,15-18,22H2,1-5H3,(H,39,40,41). The zero-order chi connectivity index (χ0) is 34.7. The van der Waals surface area contributed by atoms with Crippen molar-refractivity contribution in [2.24, 2.45) is 0 Å². The molecule has 0 fully saturated rings. The molecule has 3 aromatic carbocycles. The summed E-state index contributed by atoms with van der Waals surface area (Å²) in [4.78, 5) is 32.6. The number of rotatable bonds is 17. The first-order chi connectivity index (χ1) is 23.0. The van der Waals surface area contributed by atoms with Crippen molar-refractivity contribution >= 4 is 41.1 Å². The highest BCUT2D eigenvalue weighted by Crippen LogP contribution is 2.38. The van der Waals surface area contributed by atoms with Crippen molar-refractivity contribution in [1.82, 2.24) is 9.97 Å². The number of nitrogens with zero attached hydrogens (tertiary/aromatic N) is 3. The lowest BCUT2D eigenvalue weighted by Gasteiger charge is -2.27. The van der Waals surface area contributed by atoms with Gasteiger partial charge in [0, 0.05) is 23.4 Å². The number of benzene rings is 3. The van der Waals surface area contributed by atoms with E-state index in [4.69, 9.17) is 30.5 Å². The number of hydrogen-bond donors (Lipinski definition) is 1. The van der Waals surface area contributed by atoms with Gasteiger partial charge in [-0.05, 0) is 61.4 Å². The number of hydrogen-bond acceptors (Lipinski definition) is 11. The van der Waals surface area contributed by atoms with E-state index in [1.165, 1.54) is 25.8 Å². The summed E-state index contributed by atoms with van der Waals surface area (Å²) in [5.74, 6) is 1.40. The van der Waals surface area contributed by atoms with E-state index >= 15 is 0 Å². The highest BCUT2D eigenvalue weighted by atomic mass is 35.5. The summed E-state index contributed by atoms with van der Waals surface area (Å²) in [5, 5.41) is 10.2. The van der Waals surface area contributed by atoms with E-state index < -0.39 is 5.41 Å². The van der Waals surface area contributed by atoms with Crippen molar-refractivity contribution in [3.8, 4) is 23.3 Å². The molecule has 12 heteroatoms. The molecule has 48 heavy (non-hydrogen) atoms. The minimum Gasteiger partial charge on any atom is -0.490 e. The van der Waals surface area contributed by atoms with E-state index in [0.717, 1.165) is 16.8 Å². The van der Waals surface area contributed by atoms with Crippen LogP contribution in [-0.4, -0.2) is 54.2 Å². The van der Waals surface area contributed by atoms with E-state index in [1.807, 2.05) is 42.7 Å². The smallest absolute Gasteiger partial charge is 0.233 e. The molecular formula is C36H37ClN4O6S. The summed E-state index contributed by atoms with van der Waals surface area (Å²) in [6.07, 6.45) is 3.59. The summed E-state index contributed by atoms with van der Waals surface area (Å²) < 4.78 is 26.1. The van der Waals surface area contributed by atoms with Gasteiger partial charge in [-0.2, -0.15) is 5.26 Å². The summed E-state index contributed by atoms with van der Waals surface area (Å²) in [5.41, 5.74) is 3.04. The molecule has 10 nitrogen and oxygen atoms in total. The van der Waals surface area contributed by atoms with Crippen molar-refractivity contribution in [3.63, 3.8) is 0 Å². The van der Waals surface area contributed by atoms with Crippen LogP contribution in [0.2, 0.25) is 5.02 Å². The average Bonchev–Trinajstić information content (AvgIpc) is 3.07. The van der Waals surface area contributed by atoms with Crippen LogP contribution < -0.4 is 18.9 Å². The number of Topliss-reactive ketones (excluding diaryl/α,β-unsaturated/α-hetero) is 2. The predicted octanol–water partition coefficient (Wildman–Crippen LogP) is 7.48. The second-order valence-electron chi connectivity index (χ2n) is 11.2. The summed E-state index contributed by atoms with van der Waals surface area (Å²) >= 11 is 8.06. The van der Waals surface area contributed by atoms with E-state index in [0.29, 0.717) is 40.2 Å². The van der Waals surface area contributed by atoms with Crippen molar-refractivity contribution in [3.05, 3.63) is 105 Å². The van der Waals surface area contributed by atoms with Gasteiger partial charge in [0.25, 0.3) is 0 Å². The van der Waals surface area contributed by atoms with Crippen LogP contribution in [0.15, 0.2) is 66.9 Å². The Labute approximate surface area is 289 Å². The van der Waals surface area contributed by atoms with Crippen molar-refractivity contribution in [2.45, 2.75) is 39.7 Å². The van der Waals surface area contributed by atoms with Crippen LogP contribution >= 0.6 is 23.5 Å². The molecule has 0 aliphatic rings. The van der Waals surface area contributed by atoms with E-state index in [-0.39, 0.29) is 49.3 Å². The Bertz CT molecular complexity index is 1790. The number of carbonyl (C=O) groups excluding carboxylic acids is 2. The largest absolute Gasteiger partial charge is 0.490 e. The monoisotopic (exact) mass is 688 g/mol. The average molecular weight is 689 g/mol. The van der Waals surface area contributed by atoms with E-state index in [1.54, 1.807) is 30.5 Å². The van der Waals surface area contributed by atoms with Crippen LogP contribution in [-0.2, 0) is 16.8 Å². The van der Waals surface area contributed by atoms with E-state index in [9.17, 15) is 14.9 Å². The lowest BCUT2D eigenvalue weighted by molar-refractivity contribution is 0.0757. The minimum absolute atomic E-state index is 0.154. The molecular weight excluding hydrogens is 652 g/mol. The molecule has 0 saturated carbocycles. The van der Waals surface area contributed by atoms with Gasteiger partial charge in [-0.1, -0.05) is 61.7 Å². The maximum Gasteiger partial charge on any atom is 0.233 e. The molecule has 0 radical (unpaired) electrons. The van der Waals surface area contributed by atoms with Gasteiger partial charge in [0.05, 0.1) is 35.1 Å². The number of anilines is 1. The Morgan fingerprint density at radius 3 is 2.33 bits per heavy atom. The third-order valence-corrected chi connectivity index (χ3v) is 8.14. The zero-order valence-corrected chi connectivity index (χ0v) is 29.0. The first-order valence-electron chi connectivity index (χ1n) is 15.1. The third kappa shape index (κ3) is 9.25. The van der Waals surface area contributed by atoms with E-state index in [2.05, 4.69) is 34.6 Å². The number of nitriles is 1. The topological polar surface area (TPSA) is 133 Å². The van der Waals surface area contributed by atoms with Crippen LogP contribution in [0.4, 0.5) is 5.95 Å². The Morgan fingerprint density at radius 2 is 1.67 bits per heavy atom. The maximum atomic E-state index is 12.1. The number of ketones is 2. The molecule has 0 bridgehead atoms. The SMILES string of the molecule is CSNc1nccc(COc2ccc(C(C)(C)c3cc(Cl)c(OCCOCCOc4cccc(C(C)=O)c4C(C)=O)c(C#N)c3)cc2)n1. The second kappa shape index (κ2) is 17.0. The minimum atomic E-state index is -0.480. The van der Waals surface area contributed by atoms with Crippen molar-refractivity contribution in [1.29, 1.82) is 5.26 Å². The molecule has 1 N–H and O–H groups in total. The summed E-state index contributed by atoms with van der Waals surface area (Å²) in [7, 11) is 0. The van der Waals surface area contributed by atoms with Crippen LogP contribution in [0.3, 0.4) is 0 Å². The normalized spacial score (nSPS) is 11.0. The Morgan fingerprint density at radius 1 is 0.938 bits per heavy atom. The molecule has 4 rings (SSSR count). The number of aromatic nitrogens is 2. The zero-order valence-electron chi connectivity index (χ0n) is 27.5. The lowest BCUT2D eigenvalue weighted by Crippen LogP contribution is -2.19. The van der Waals surface area contributed by atoms with Gasteiger partial charge < -0.3 is 18.9 Å². The van der Waals surface area contributed by atoms with Crippen LogP contribution in [0.5, 0.6) is 17.2 Å². The van der Waals surface area contributed by atoms with Gasteiger partial charge >= 0.3 is 0 Å². The lowest BCUT2D eigenvalue weighted by atomic mass is 9.77. The molecule has 1 aromatic heterocycles. The predicted molar refractivity (Wildman–Crippen MR) is 186 cm³/mol. The van der Waals surface area contributed by atoms with Gasteiger partial charge in [0.15, 0.2) is 17.3 Å². The first-order valence-corrected chi connectivity index (χ1v) is 16.7. The molecule has 0 saturated heterocycles. The number of nitrogens with one attached hydrogen (secondary N) is 1. The molecule has 0 atom stereocenters. The molecule has 0 spiro atoms. The third-order valence-electron chi connectivity index (χ3n) is 7.47. The first kappa shape index (κ1) is 36.2. The maximum absolute atomic E-state index is 12.1. The van der Waals surface area contributed by atoms with Gasteiger partial charge in [-0.25, -0.2) is 9.97 Å². The van der Waals surface area contributed by atoms with Gasteiger partial charge in [-0.3, -0.25) is 14.3 Å². The molecule has 1 heterocycles. The highest BCUT2D eigenvalue weighted by molar-refractivity contribution is 7.99. The van der Waals surface area contributed by atoms with Gasteiger partial charge in [0.1, 0.15) is 37.4 Å². The fourth-order valence-corrected chi connectivity index (χ4v) is 5.47. The quantitative estimate of drug-likeness (QED) is 0.0673. The highest BCUT2D eigenvalue weighted by Gasteiger charge is 2.26. The molecule has 0 aliphatic carbocycles. The number of ether oxygens (including phenoxy) is 4.